The summed E-state index contributed by atoms with van der Waals surface area (Å²) >= 11 is 0. The lowest BCUT2D eigenvalue weighted by atomic mass is 9.46. The molecule has 7 rings (SSSR count). The summed E-state index contributed by atoms with van der Waals surface area (Å²) in [5, 5.41) is 20.8. The van der Waals surface area contributed by atoms with E-state index in [0.717, 1.165) is 30.5 Å². The lowest BCUT2D eigenvalue weighted by Crippen LogP contribution is -2.58. The van der Waals surface area contributed by atoms with Crippen LogP contribution >= 0.6 is 0 Å². The van der Waals surface area contributed by atoms with E-state index in [2.05, 4.69) is 4.98 Å². The number of aliphatic hydroxyl groups excluding tert-OH is 2. The van der Waals surface area contributed by atoms with Gasteiger partial charge in [-0.25, -0.2) is 9.37 Å². The molecule has 1 aromatic carbocycles. The van der Waals surface area contributed by atoms with E-state index in [-0.39, 0.29) is 30.0 Å². The average Bonchev–Trinajstić information content (AvgIpc) is 3.30. The number of nitrogens with zero attached hydrogens (tertiary/aromatic N) is 2. The minimum absolute atomic E-state index is 0.0625. The van der Waals surface area contributed by atoms with E-state index in [1.807, 2.05) is 10.6 Å². The minimum atomic E-state index is -0.477. The Bertz CT molecular complexity index is 944. The maximum atomic E-state index is 14.8. The second-order valence-electron chi connectivity index (χ2n) is 10.0. The third kappa shape index (κ3) is 2.66. The molecule has 0 radical (unpaired) electrons. The molecule has 2 heterocycles. The molecule has 160 valence electrons. The Morgan fingerprint density at radius 3 is 2.80 bits per heavy atom. The van der Waals surface area contributed by atoms with Gasteiger partial charge < -0.3 is 19.5 Å². The molecule has 0 saturated heterocycles. The van der Waals surface area contributed by atoms with E-state index in [1.54, 1.807) is 18.6 Å². The highest BCUT2D eigenvalue weighted by Gasteiger charge is 2.58. The first kappa shape index (κ1) is 19.0. The van der Waals surface area contributed by atoms with Crippen molar-refractivity contribution in [3.05, 3.63) is 42.1 Å². The zero-order valence-corrected chi connectivity index (χ0v) is 17.1. The van der Waals surface area contributed by atoms with E-state index >= 15 is 0 Å². The summed E-state index contributed by atoms with van der Waals surface area (Å²) in [7, 11) is 0. The van der Waals surface area contributed by atoms with Crippen molar-refractivity contribution in [3.8, 4) is 11.3 Å². The van der Waals surface area contributed by atoms with Crippen molar-refractivity contribution < 1.29 is 19.3 Å². The first-order valence-electron chi connectivity index (χ1n) is 11.3. The molecule has 4 unspecified atom stereocenters. The van der Waals surface area contributed by atoms with Crippen LogP contribution in [-0.2, 0) is 4.74 Å². The number of ether oxygens (including phenoxy) is 1. The molecule has 0 amide bonds. The van der Waals surface area contributed by atoms with Crippen molar-refractivity contribution in [1.82, 2.24) is 9.55 Å². The highest BCUT2D eigenvalue weighted by Crippen LogP contribution is 2.63. The van der Waals surface area contributed by atoms with Crippen molar-refractivity contribution in [2.75, 3.05) is 13.2 Å². The van der Waals surface area contributed by atoms with Crippen LogP contribution in [0.15, 0.2) is 30.7 Å². The quantitative estimate of drug-likeness (QED) is 0.762. The molecule has 4 atom stereocenters. The topological polar surface area (TPSA) is 67.5 Å². The third-order valence-corrected chi connectivity index (χ3v) is 8.45. The van der Waals surface area contributed by atoms with Crippen molar-refractivity contribution in [3.63, 3.8) is 0 Å². The SMILES string of the molecule is OCCOC1C2CC3CC1CC(C(O)CC1c4c(F)cccc4-c4cncn41)(C3)C2. The van der Waals surface area contributed by atoms with E-state index in [1.165, 1.54) is 18.9 Å². The van der Waals surface area contributed by atoms with Crippen LogP contribution in [-0.4, -0.2) is 45.2 Å². The molecule has 5 aliphatic rings. The zero-order valence-electron chi connectivity index (χ0n) is 17.1. The number of benzene rings is 1. The number of halogens is 1. The molecule has 2 aromatic rings. The van der Waals surface area contributed by atoms with Gasteiger partial charge in [-0.3, -0.25) is 0 Å². The van der Waals surface area contributed by atoms with Crippen LogP contribution in [0.2, 0.25) is 0 Å². The summed E-state index contributed by atoms with van der Waals surface area (Å²) in [6.07, 6.45) is 9.20. The largest absolute Gasteiger partial charge is 0.394 e. The van der Waals surface area contributed by atoms with Crippen LogP contribution in [0.4, 0.5) is 4.39 Å². The fraction of sp³-hybridized carbons (Fsp3) is 0.625. The Hall–Kier alpha value is -1.76. The number of imidazole rings is 1. The van der Waals surface area contributed by atoms with Crippen molar-refractivity contribution >= 4 is 0 Å². The van der Waals surface area contributed by atoms with Gasteiger partial charge in [0.05, 0.1) is 49.7 Å². The minimum Gasteiger partial charge on any atom is -0.394 e. The smallest absolute Gasteiger partial charge is 0.129 e. The van der Waals surface area contributed by atoms with Crippen molar-refractivity contribution in [1.29, 1.82) is 0 Å². The molecule has 4 saturated carbocycles. The molecule has 6 heteroatoms. The molecule has 5 nitrogen and oxygen atoms in total. The van der Waals surface area contributed by atoms with Gasteiger partial charge in [0.1, 0.15) is 5.82 Å². The first-order chi connectivity index (χ1) is 14.6. The zero-order chi connectivity index (χ0) is 20.5. The average molecular weight is 413 g/mol. The Morgan fingerprint density at radius 1 is 1.23 bits per heavy atom. The number of aromatic nitrogens is 2. The van der Waals surface area contributed by atoms with Gasteiger partial charge in [-0.1, -0.05) is 12.1 Å². The molecule has 4 bridgehead atoms. The lowest BCUT2D eigenvalue weighted by molar-refractivity contribution is -0.191. The van der Waals surface area contributed by atoms with Crippen LogP contribution in [0, 0.1) is 29.0 Å². The van der Waals surface area contributed by atoms with Crippen LogP contribution in [0.5, 0.6) is 0 Å². The van der Waals surface area contributed by atoms with Gasteiger partial charge in [-0.2, -0.15) is 0 Å². The number of fused-ring (bicyclic) bond motifs is 3. The highest BCUT2D eigenvalue weighted by molar-refractivity contribution is 5.69. The van der Waals surface area contributed by atoms with E-state index in [0.29, 0.717) is 36.3 Å². The van der Waals surface area contributed by atoms with Gasteiger partial charge in [-0.05, 0) is 67.8 Å². The van der Waals surface area contributed by atoms with Crippen molar-refractivity contribution in [2.45, 2.75) is 56.8 Å². The molecule has 4 aliphatic carbocycles. The van der Waals surface area contributed by atoms with E-state index in [9.17, 15) is 14.6 Å². The monoisotopic (exact) mass is 412 g/mol. The van der Waals surface area contributed by atoms with E-state index < -0.39 is 6.10 Å². The molecule has 1 aliphatic heterocycles. The summed E-state index contributed by atoms with van der Waals surface area (Å²) in [6, 6.07) is 5.01. The number of hydrogen-bond acceptors (Lipinski definition) is 4. The van der Waals surface area contributed by atoms with Gasteiger partial charge >= 0.3 is 0 Å². The summed E-state index contributed by atoms with van der Waals surface area (Å²) in [6.45, 7) is 0.465. The number of rotatable bonds is 6. The van der Waals surface area contributed by atoms with Gasteiger partial charge in [0.2, 0.25) is 0 Å². The fourth-order valence-electron chi connectivity index (χ4n) is 7.60. The standard InChI is InChI=1S/C24H29FN2O3/c25-18-3-1-2-17-20-12-26-13-27(20)19(22(17)18)8-21(29)24-9-14-6-15(10-24)23(30-5-4-28)16(7-14)11-24/h1-3,12-16,19,21,23,28-29H,4-11H2. The predicted molar refractivity (Wildman–Crippen MR) is 109 cm³/mol. The van der Waals surface area contributed by atoms with Crippen LogP contribution in [0.3, 0.4) is 0 Å². The normalized spacial score (nSPS) is 36.7. The summed E-state index contributed by atoms with van der Waals surface area (Å²) in [5.74, 6) is 1.39. The maximum Gasteiger partial charge on any atom is 0.129 e. The predicted octanol–water partition coefficient (Wildman–Crippen LogP) is 3.55. The second kappa shape index (κ2) is 6.87. The molecule has 0 spiro atoms. The number of hydrogen-bond donors (Lipinski definition) is 2. The fourth-order valence-corrected chi connectivity index (χ4v) is 7.60. The summed E-state index contributed by atoms with van der Waals surface area (Å²) < 4.78 is 22.9. The molecule has 4 fully saturated rings. The van der Waals surface area contributed by atoms with Gasteiger partial charge in [0.25, 0.3) is 0 Å². The molecule has 1 aromatic heterocycles. The summed E-state index contributed by atoms with van der Waals surface area (Å²) in [4.78, 5) is 4.28. The molecule has 2 N–H and O–H groups in total. The van der Waals surface area contributed by atoms with Crippen molar-refractivity contribution in [2.24, 2.45) is 23.2 Å². The second-order valence-corrected chi connectivity index (χ2v) is 10.0. The highest BCUT2D eigenvalue weighted by atomic mass is 19.1. The Labute approximate surface area is 175 Å². The van der Waals surface area contributed by atoms with E-state index in [4.69, 9.17) is 4.74 Å². The maximum absolute atomic E-state index is 14.8. The number of aliphatic hydroxyl groups is 2. The molecular weight excluding hydrogens is 383 g/mol. The molecule has 30 heavy (non-hydrogen) atoms. The van der Waals surface area contributed by atoms with Crippen LogP contribution < -0.4 is 0 Å². The Morgan fingerprint density at radius 2 is 2.03 bits per heavy atom. The van der Waals surface area contributed by atoms with Gasteiger partial charge in [-0.15, -0.1) is 0 Å². The van der Waals surface area contributed by atoms with Crippen LogP contribution in [0.25, 0.3) is 11.3 Å². The first-order valence-corrected chi connectivity index (χ1v) is 11.3. The third-order valence-electron chi connectivity index (χ3n) is 8.45. The lowest BCUT2D eigenvalue weighted by Gasteiger charge is -2.61. The van der Waals surface area contributed by atoms with Crippen LogP contribution in [0.1, 0.15) is 50.1 Å². The summed E-state index contributed by atoms with van der Waals surface area (Å²) in [5.41, 5.74) is 2.44. The Balaban J connectivity index is 1.28. The van der Waals surface area contributed by atoms with Gasteiger partial charge in [0, 0.05) is 11.1 Å². The Kier molecular flexibility index (Phi) is 4.34. The molecular formula is C24H29FN2O3. The van der Waals surface area contributed by atoms with Gasteiger partial charge in [0.15, 0.2) is 0 Å².